The van der Waals surface area contributed by atoms with Crippen molar-refractivity contribution in [3.63, 3.8) is 0 Å². The number of hydrogen-bond donors (Lipinski definition) is 1. The van der Waals surface area contributed by atoms with Crippen LogP contribution in [0, 0.1) is 0 Å². The predicted molar refractivity (Wildman–Crippen MR) is 123 cm³/mol. The van der Waals surface area contributed by atoms with Crippen LogP contribution < -0.4 is 10.5 Å². The first-order valence-corrected chi connectivity index (χ1v) is 10.3. The van der Waals surface area contributed by atoms with Gasteiger partial charge in [-0.1, -0.05) is 78.0 Å². The monoisotopic (exact) mass is 428 g/mol. The number of amides is 1. The smallest absolute Gasteiger partial charge is 0.283 e. The van der Waals surface area contributed by atoms with Gasteiger partial charge < -0.3 is 15.3 Å². The molecule has 3 aromatic rings. The Balaban J connectivity index is 1.52. The number of amidine groups is 1. The summed E-state index contributed by atoms with van der Waals surface area (Å²) in [5.74, 6) is 0.657. The van der Waals surface area contributed by atoms with Crippen molar-refractivity contribution in [2.24, 2.45) is 16.0 Å². The first kappa shape index (κ1) is 21.1. The Morgan fingerprint density at radius 1 is 1.03 bits per heavy atom. The number of oxime groups is 1. The van der Waals surface area contributed by atoms with E-state index in [-0.39, 0.29) is 24.4 Å². The number of rotatable bonds is 7. The minimum absolute atomic E-state index is 0.208. The Morgan fingerprint density at radius 3 is 2.34 bits per heavy atom. The molecule has 1 unspecified atom stereocenters. The van der Waals surface area contributed by atoms with Crippen molar-refractivity contribution in [1.29, 1.82) is 0 Å². The average molecular weight is 428 g/mol. The number of nitrogens with two attached hydrogens (primary N) is 1. The lowest BCUT2D eigenvalue weighted by atomic mass is 9.98. The van der Waals surface area contributed by atoms with Crippen molar-refractivity contribution in [3.8, 4) is 5.75 Å². The second-order valence-electron chi connectivity index (χ2n) is 7.26. The van der Waals surface area contributed by atoms with Gasteiger partial charge in [-0.2, -0.15) is 5.10 Å². The van der Waals surface area contributed by atoms with E-state index >= 15 is 0 Å². The third kappa shape index (κ3) is 4.78. The molecule has 162 valence electrons. The molecule has 0 bridgehead atoms. The molecule has 0 aliphatic carbocycles. The third-order valence-corrected chi connectivity index (χ3v) is 5.19. The molecule has 1 aliphatic heterocycles. The fraction of sp³-hybridized carbons (Fsp3) is 0.160. The SMILES string of the molecule is COc1ccc(C2CC(c3ccccc3)=NN2C(=O)CO/N=C(\N)c2ccccc2)cc1. The number of carbonyl (C=O) groups is 1. The lowest BCUT2D eigenvalue weighted by Gasteiger charge is -2.21. The molecule has 1 heterocycles. The quantitative estimate of drug-likeness (QED) is 0.353. The second kappa shape index (κ2) is 9.78. The van der Waals surface area contributed by atoms with E-state index in [1.54, 1.807) is 7.11 Å². The molecule has 0 spiro atoms. The first-order valence-electron chi connectivity index (χ1n) is 10.3. The number of hydrazone groups is 1. The Hall–Kier alpha value is -4.13. The van der Waals surface area contributed by atoms with E-state index in [1.807, 2.05) is 84.9 Å². The van der Waals surface area contributed by atoms with Gasteiger partial charge in [0.25, 0.3) is 5.91 Å². The van der Waals surface area contributed by atoms with Crippen molar-refractivity contribution in [1.82, 2.24) is 5.01 Å². The zero-order valence-corrected chi connectivity index (χ0v) is 17.7. The van der Waals surface area contributed by atoms with Gasteiger partial charge in [-0.15, -0.1) is 0 Å². The predicted octanol–water partition coefficient (Wildman–Crippen LogP) is 3.71. The van der Waals surface area contributed by atoms with Crippen LogP contribution in [-0.4, -0.2) is 36.2 Å². The molecule has 0 saturated carbocycles. The normalized spacial score (nSPS) is 15.9. The lowest BCUT2D eigenvalue weighted by Crippen LogP contribution is -2.30. The highest BCUT2D eigenvalue weighted by Crippen LogP contribution is 2.33. The summed E-state index contributed by atoms with van der Waals surface area (Å²) >= 11 is 0. The fourth-order valence-electron chi connectivity index (χ4n) is 3.52. The molecule has 2 N–H and O–H groups in total. The van der Waals surface area contributed by atoms with Crippen molar-refractivity contribution in [3.05, 3.63) is 102 Å². The summed E-state index contributed by atoms with van der Waals surface area (Å²) in [5.41, 5.74) is 9.44. The number of carbonyl (C=O) groups excluding carboxylic acids is 1. The van der Waals surface area contributed by atoms with E-state index < -0.39 is 0 Å². The summed E-state index contributed by atoms with van der Waals surface area (Å²) in [6.45, 7) is -0.272. The van der Waals surface area contributed by atoms with Gasteiger partial charge in [0.05, 0.1) is 18.9 Å². The van der Waals surface area contributed by atoms with Crippen LogP contribution in [0.3, 0.4) is 0 Å². The first-order chi connectivity index (χ1) is 15.7. The molecule has 7 heteroatoms. The zero-order chi connectivity index (χ0) is 22.3. The number of methoxy groups -OCH3 is 1. The zero-order valence-electron chi connectivity index (χ0n) is 17.7. The molecule has 0 radical (unpaired) electrons. The summed E-state index contributed by atoms with van der Waals surface area (Å²) in [5, 5.41) is 9.98. The van der Waals surface area contributed by atoms with Crippen molar-refractivity contribution in [2.45, 2.75) is 12.5 Å². The molecule has 3 aromatic carbocycles. The van der Waals surface area contributed by atoms with Crippen LogP contribution in [0.4, 0.5) is 0 Å². The summed E-state index contributed by atoms with van der Waals surface area (Å²) in [4.78, 5) is 18.3. The summed E-state index contributed by atoms with van der Waals surface area (Å²) in [6.07, 6.45) is 0.595. The standard InChI is InChI=1S/C25H24N4O3/c1-31-21-14-12-19(13-15-21)23-16-22(18-8-4-2-5-9-18)27-29(23)24(30)17-32-28-25(26)20-10-6-3-7-11-20/h2-15,23H,16-17H2,1H3,(H2,26,28). The van der Waals surface area contributed by atoms with Gasteiger partial charge in [0.2, 0.25) is 0 Å². The van der Waals surface area contributed by atoms with Crippen molar-refractivity contribution < 1.29 is 14.4 Å². The maximum atomic E-state index is 13.0. The van der Waals surface area contributed by atoms with Gasteiger partial charge >= 0.3 is 0 Å². The molecule has 1 atom stereocenters. The van der Waals surface area contributed by atoms with E-state index in [2.05, 4.69) is 10.3 Å². The van der Waals surface area contributed by atoms with E-state index in [0.29, 0.717) is 6.42 Å². The average Bonchev–Trinajstić information content (AvgIpc) is 3.31. The minimum Gasteiger partial charge on any atom is -0.497 e. The number of benzene rings is 3. The maximum Gasteiger partial charge on any atom is 0.283 e. The minimum atomic E-state index is -0.304. The molecular formula is C25H24N4O3. The van der Waals surface area contributed by atoms with Gasteiger partial charge in [0.15, 0.2) is 12.4 Å². The Morgan fingerprint density at radius 2 is 1.69 bits per heavy atom. The Labute approximate surface area is 186 Å². The Kier molecular flexibility index (Phi) is 6.46. The van der Waals surface area contributed by atoms with Crippen LogP contribution in [0.15, 0.2) is 95.2 Å². The Bertz CT molecular complexity index is 1110. The number of ether oxygens (including phenoxy) is 1. The van der Waals surface area contributed by atoms with Crippen LogP contribution in [0.5, 0.6) is 5.75 Å². The van der Waals surface area contributed by atoms with E-state index in [4.69, 9.17) is 15.3 Å². The van der Waals surface area contributed by atoms with Gasteiger partial charge in [-0.05, 0) is 23.3 Å². The van der Waals surface area contributed by atoms with Crippen LogP contribution in [0.1, 0.15) is 29.2 Å². The van der Waals surface area contributed by atoms with Crippen molar-refractivity contribution >= 4 is 17.5 Å². The molecule has 1 aliphatic rings. The van der Waals surface area contributed by atoms with Gasteiger partial charge in [0.1, 0.15) is 5.75 Å². The second-order valence-corrected chi connectivity index (χ2v) is 7.26. The molecule has 4 rings (SSSR count). The van der Waals surface area contributed by atoms with E-state index in [1.165, 1.54) is 5.01 Å². The van der Waals surface area contributed by atoms with E-state index in [9.17, 15) is 4.79 Å². The van der Waals surface area contributed by atoms with Crippen LogP contribution in [0.2, 0.25) is 0 Å². The summed E-state index contributed by atoms with van der Waals surface area (Å²) in [6, 6.07) is 26.5. The fourth-order valence-corrected chi connectivity index (χ4v) is 3.52. The number of hydrogen-bond acceptors (Lipinski definition) is 5. The van der Waals surface area contributed by atoms with Crippen LogP contribution in [-0.2, 0) is 9.63 Å². The van der Waals surface area contributed by atoms with Gasteiger partial charge in [0, 0.05) is 12.0 Å². The summed E-state index contributed by atoms with van der Waals surface area (Å²) < 4.78 is 5.25. The van der Waals surface area contributed by atoms with Crippen molar-refractivity contribution in [2.75, 3.05) is 13.7 Å². The van der Waals surface area contributed by atoms with E-state index in [0.717, 1.165) is 28.2 Å². The summed E-state index contributed by atoms with van der Waals surface area (Å²) in [7, 11) is 1.62. The molecule has 0 fully saturated rings. The molecule has 0 aromatic heterocycles. The maximum absolute atomic E-state index is 13.0. The molecule has 7 nitrogen and oxygen atoms in total. The van der Waals surface area contributed by atoms with Crippen LogP contribution in [0.25, 0.3) is 0 Å². The third-order valence-electron chi connectivity index (χ3n) is 5.19. The largest absolute Gasteiger partial charge is 0.497 e. The lowest BCUT2D eigenvalue weighted by molar-refractivity contribution is -0.137. The topological polar surface area (TPSA) is 89.5 Å². The van der Waals surface area contributed by atoms with Gasteiger partial charge in [-0.25, -0.2) is 5.01 Å². The molecule has 1 amide bonds. The van der Waals surface area contributed by atoms with Gasteiger partial charge in [-0.3, -0.25) is 4.79 Å². The molecular weight excluding hydrogens is 404 g/mol. The molecule has 32 heavy (non-hydrogen) atoms. The van der Waals surface area contributed by atoms with Crippen LogP contribution >= 0.6 is 0 Å². The molecule has 0 saturated heterocycles. The highest BCUT2D eigenvalue weighted by molar-refractivity contribution is 6.03. The number of nitrogens with zero attached hydrogens (tertiary/aromatic N) is 3. The highest BCUT2D eigenvalue weighted by atomic mass is 16.6. The highest BCUT2D eigenvalue weighted by Gasteiger charge is 2.33.